The van der Waals surface area contributed by atoms with Crippen molar-refractivity contribution in [2.24, 2.45) is 5.73 Å². The number of hydrogen-bond donors (Lipinski definition) is 1. The number of rotatable bonds is 4. The Morgan fingerprint density at radius 1 is 1.10 bits per heavy atom. The van der Waals surface area contributed by atoms with Gasteiger partial charge in [-0.25, -0.2) is 0 Å². The maximum absolute atomic E-state index is 12.6. The van der Waals surface area contributed by atoms with Crippen LogP contribution in [0.3, 0.4) is 0 Å². The van der Waals surface area contributed by atoms with Gasteiger partial charge in [-0.05, 0) is 67.8 Å². The minimum Gasteiger partial charge on any atom is -0.330 e. The highest BCUT2D eigenvalue weighted by atomic mass is 16.2. The lowest BCUT2D eigenvalue weighted by atomic mass is 10.1. The molecule has 0 aliphatic carbocycles. The van der Waals surface area contributed by atoms with Crippen molar-refractivity contribution < 1.29 is 4.79 Å². The van der Waals surface area contributed by atoms with Crippen molar-refractivity contribution in [1.82, 2.24) is 0 Å². The smallest absolute Gasteiger partial charge is 0.258 e. The maximum atomic E-state index is 12.6. The van der Waals surface area contributed by atoms with E-state index < -0.39 is 0 Å². The van der Waals surface area contributed by atoms with Gasteiger partial charge in [0, 0.05) is 18.3 Å². The van der Waals surface area contributed by atoms with E-state index in [1.54, 1.807) is 4.90 Å². The lowest BCUT2D eigenvalue weighted by Crippen LogP contribution is -2.26. The first-order valence-electron chi connectivity index (χ1n) is 7.16. The van der Waals surface area contributed by atoms with E-state index in [1.165, 1.54) is 0 Å². The van der Waals surface area contributed by atoms with Crippen LogP contribution in [0.15, 0.2) is 42.5 Å². The number of carbonyl (C=O) groups is 1. The van der Waals surface area contributed by atoms with Gasteiger partial charge in [0.05, 0.1) is 0 Å². The van der Waals surface area contributed by atoms with Gasteiger partial charge >= 0.3 is 0 Å². The molecule has 2 N–H and O–H groups in total. The van der Waals surface area contributed by atoms with E-state index in [4.69, 9.17) is 5.73 Å². The Bertz CT molecular complexity index is 629. The molecule has 3 heteroatoms. The summed E-state index contributed by atoms with van der Waals surface area (Å²) in [6, 6.07) is 13.8. The first-order valence-corrected chi connectivity index (χ1v) is 7.16. The highest BCUT2D eigenvalue weighted by molar-refractivity contribution is 6.05. The number of nitrogens with zero attached hydrogens (tertiary/aromatic N) is 1. The molecule has 2 aromatic carbocycles. The molecule has 0 aromatic heterocycles. The summed E-state index contributed by atoms with van der Waals surface area (Å²) < 4.78 is 0. The van der Waals surface area contributed by atoms with Gasteiger partial charge < -0.3 is 10.6 Å². The first-order chi connectivity index (χ1) is 10.0. The van der Waals surface area contributed by atoms with Gasteiger partial charge in [-0.1, -0.05) is 18.2 Å². The van der Waals surface area contributed by atoms with Crippen molar-refractivity contribution in [3.8, 4) is 0 Å². The molecule has 0 saturated heterocycles. The molecule has 3 nitrogen and oxygen atoms in total. The van der Waals surface area contributed by atoms with Crippen LogP contribution in [0.5, 0.6) is 0 Å². The summed E-state index contributed by atoms with van der Waals surface area (Å²) in [6.45, 7) is 4.66. The summed E-state index contributed by atoms with van der Waals surface area (Å²) in [6.07, 6.45) is 0.786. The van der Waals surface area contributed by atoms with Crippen LogP contribution in [0.1, 0.15) is 27.0 Å². The zero-order chi connectivity index (χ0) is 15.4. The standard InChI is InChI=1S/C18H22N2O/c1-13-9-14(2)11-17(10-13)20(3)18(21)16-6-4-5-15(12-16)7-8-19/h4-6,9-12H,7-8,19H2,1-3H3. The zero-order valence-corrected chi connectivity index (χ0v) is 12.9. The van der Waals surface area contributed by atoms with E-state index in [1.807, 2.05) is 57.3 Å². The second-order valence-electron chi connectivity index (χ2n) is 5.45. The molecule has 0 bridgehead atoms. The lowest BCUT2D eigenvalue weighted by Gasteiger charge is -2.19. The van der Waals surface area contributed by atoms with Crippen LogP contribution >= 0.6 is 0 Å². The highest BCUT2D eigenvalue weighted by Gasteiger charge is 2.14. The molecule has 0 fully saturated rings. The molecule has 0 atom stereocenters. The minimum absolute atomic E-state index is 0.00104. The number of benzene rings is 2. The number of nitrogens with two attached hydrogens (primary N) is 1. The van der Waals surface area contributed by atoms with Gasteiger partial charge in [0.15, 0.2) is 0 Å². The second kappa shape index (κ2) is 6.55. The van der Waals surface area contributed by atoms with Crippen LogP contribution in [0.4, 0.5) is 5.69 Å². The minimum atomic E-state index is -0.00104. The molecular formula is C18H22N2O. The second-order valence-corrected chi connectivity index (χ2v) is 5.45. The fraction of sp³-hybridized carbons (Fsp3) is 0.278. The molecule has 0 aliphatic heterocycles. The molecule has 0 unspecified atom stereocenters. The molecule has 110 valence electrons. The van der Waals surface area contributed by atoms with Crippen molar-refractivity contribution in [3.63, 3.8) is 0 Å². The summed E-state index contributed by atoms with van der Waals surface area (Å²) >= 11 is 0. The lowest BCUT2D eigenvalue weighted by molar-refractivity contribution is 0.0993. The first kappa shape index (κ1) is 15.3. The van der Waals surface area contributed by atoms with Gasteiger partial charge in [-0.15, -0.1) is 0 Å². The molecule has 0 aliphatic rings. The van der Waals surface area contributed by atoms with Gasteiger partial charge in [0.2, 0.25) is 0 Å². The normalized spacial score (nSPS) is 10.5. The third-order valence-corrected chi connectivity index (χ3v) is 3.51. The molecule has 0 radical (unpaired) electrons. The largest absolute Gasteiger partial charge is 0.330 e. The number of amides is 1. The molecule has 21 heavy (non-hydrogen) atoms. The molecule has 0 spiro atoms. The Morgan fingerprint density at radius 2 is 1.76 bits per heavy atom. The van der Waals surface area contributed by atoms with E-state index in [-0.39, 0.29) is 5.91 Å². The van der Waals surface area contributed by atoms with E-state index in [2.05, 4.69) is 6.07 Å². The Balaban J connectivity index is 2.28. The molecule has 1 amide bonds. The third-order valence-electron chi connectivity index (χ3n) is 3.51. The quantitative estimate of drug-likeness (QED) is 0.936. The van der Waals surface area contributed by atoms with Crippen molar-refractivity contribution >= 4 is 11.6 Å². The predicted octanol–water partition coefficient (Wildman–Crippen LogP) is 3.08. The molecule has 2 rings (SSSR count). The van der Waals surface area contributed by atoms with Crippen molar-refractivity contribution in [2.45, 2.75) is 20.3 Å². The monoisotopic (exact) mass is 282 g/mol. The van der Waals surface area contributed by atoms with Gasteiger partial charge in [0.1, 0.15) is 0 Å². The fourth-order valence-corrected chi connectivity index (χ4v) is 2.48. The van der Waals surface area contributed by atoms with Crippen LogP contribution in [-0.4, -0.2) is 19.5 Å². The molecule has 0 heterocycles. The average molecular weight is 282 g/mol. The number of anilines is 1. The fourth-order valence-electron chi connectivity index (χ4n) is 2.48. The van der Waals surface area contributed by atoms with Crippen molar-refractivity contribution in [2.75, 3.05) is 18.5 Å². The van der Waals surface area contributed by atoms with Crippen LogP contribution in [0, 0.1) is 13.8 Å². The van der Waals surface area contributed by atoms with E-state index in [9.17, 15) is 4.79 Å². The zero-order valence-electron chi connectivity index (χ0n) is 12.9. The van der Waals surface area contributed by atoms with Gasteiger partial charge in [-0.3, -0.25) is 4.79 Å². The average Bonchev–Trinajstić information content (AvgIpc) is 2.45. The third kappa shape index (κ3) is 3.70. The highest BCUT2D eigenvalue weighted by Crippen LogP contribution is 2.20. The number of hydrogen-bond acceptors (Lipinski definition) is 2. The van der Waals surface area contributed by atoms with Crippen LogP contribution in [-0.2, 0) is 6.42 Å². The Labute approximate surface area is 126 Å². The Hall–Kier alpha value is -2.13. The topological polar surface area (TPSA) is 46.3 Å². The summed E-state index contributed by atoms with van der Waals surface area (Å²) in [5, 5.41) is 0. The number of aryl methyl sites for hydroxylation is 2. The maximum Gasteiger partial charge on any atom is 0.258 e. The van der Waals surface area contributed by atoms with Crippen LogP contribution in [0.25, 0.3) is 0 Å². The Kier molecular flexibility index (Phi) is 4.76. The van der Waals surface area contributed by atoms with Gasteiger partial charge in [-0.2, -0.15) is 0 Å². The molecular weight excluding hydrogens is 260 g/mol. The molecule has 0 saturated carbocycles. The summed E-state index contributed by atoms with van der Waals surface area (Å²) in [7, 11) is 1.81. The van der Waals surface area contributed by atoms with Crippen LogP contribution < -0.4 is 10.6 Å². The summed E-state index contributed by atoms with van der Waals surface area (Å²) in [4.78, 5) is 14.3. The van der Waals surface area contributed by atoms with Crippen LogP contribution in [0.2, 0.25) is 0 Å². The SMILES string of the molecule is Cc1cc(C)cc(N(C)C(=O)c2cccc(CCN)c2)c1. The van der Waals surface area contributed by atoms with E-state index in [0.29, 0.717) is 12.1 Å². The summed E-state index contributed by atoms with van der Waals surface area (Å²) in [5.41, 5.74) is 10.6. The Morgan fingerprint density at radius 3 is 2.38 bits per heavy atom. The van der Waals surface area contributed by atoms with Gasteiger partial charge in [0.25, 0.3) is 5.91 Å². The van der Waals surface area contributed by atoms with Crippen molar-refractivity contribution in [3.05, 3.63) is 64.7 Å². The predicted molar refractivity (Wildman–Crippen MR) is 87.8 cm³/mol. The van der Waals surface area contributed by atoms with E-state index in [0.717, 1.165) is 28.8 Å². The van der Waals surface area contributed by atoms with E-state index >= 15 is 0 Å². The van der Waals surface area contributed by atoms with Crippen molar-refractivity contribution in [1.29, 1.82) is 0 Å². The summed E-state index contributed by atoms with van der Waals surface area (Å²) in [5.74, 6) is -0.00104. The number of carbonyl (C=O) groups excluding carboxylic acids is 1. The molecule has 2 aromatic rings.